The second-order valence-corrected chi connectivity index (χ2v) is 5.27. The van der Waals surface area contributed by atoms with Crippen molar-refractivity contribution >= 4 is 21.8 Å². The largest absolute Gasteiger partial charge is 0.416 e. The number of halogens is 4. The van der Waals surface area contributed by atoms with Gasteiger partial charge in [-0.15, -0.1) is 0 Å². The topological polar surface area (TPSA) is 29.5 Å². The quantitative estimate of drug-likeness (QED) is 0.827. The Labute approximate surface area is 123 Å². The predicted molar refractivity (Wildman–Crippen MR) is 72.6 cm³/mol. The molecule has 0 aliphatic carbocycles. The molecule has 3 nitrogen and oxygen atoms in total. The van der Waals surface area contributed by atoms with E-state index in [1.165, 1.54) is 25.1 Å². The molecule has 0 fully saturated rings. The first-order chi connectivity index (χ1) is 9.18. The highest BCUT2D eigenvalue weighted by Crippen LogP contribution is 2.32. The highest BCUT2D eigenvalue weighted by molar-refractivity contribution is 9.10. The van der Waals surface area contributed by atoms with E-state index in [2.05, 4.69) is 15.9 Å². The van der Waals surface area contributed by atoms with E-state index in [9.17, 15) is 18.0 Å². The summed E-state index contributed by atoms with van der Waals surface area (Å²) >= 11 is 3.11. The number of carbonyl (C=O) groups excluding carboxylic acids is 1. The molecule has 0 saturated carbocycles. The van der Waals surface area contributed by atoms with Crippen molar-refractivity contribution in [3.63, 3.8) is 0 Å². The van der Waals surface area contributed by atoms with Gasteiger partial charge in [0.05, 0.1) is 23.8 Å². The highest BCUT2D eigenvalue weighted by atomic mass is 79.9. The van der Waals surface area contributed by atoms with Crippen LogP contribution in [0, 0.1) is 0 Å². The Hall–Kier alpha value is -1.08. The fraction of sp³-hybridized carbons (Fsp3) is 0.462. The van der Waals surface area contributed by atoms with Gasteiger partial charge in [-0.05, 0) is 41.1 Å². The van der Waals surface area contributed by atoms with Gasteiger partial charge in [-0.1, -0.05) is 0 Å². The van der Waals surface area contributed by atoms with Gasteiger partial charge in [-0.25, -0.2) is 0 Å². The van der Waals surface area contributed by atoms with Gasteiger partial charge in [-0.3, -0.25) is 4.79 Å². The van der Waals surface area contributed by atoms with Crippen LogP contribution in [0.5, 0.6) is 0 Å². The molecule has 0 radical (unpaired) electrons. The number of hydrogen-bond donors (Lipinski definition) is 0. The third-order valence-electron chi connectivity index (χ3n) is 2.91. The van der Waals surface area contributed by atoms with Crippen molar-refractivity contribution in [2.45, 2.75) is 19.1 Å². The summed E-state index contributed by atoms with van der Waals surface area (Å²) in [7, 11) is 3.02. The summed E-state index contributed by atoms with van der Waals surface area (Å²) in [6, 6.07) is 2.76. The molecule has 1 aromatic carbocycles. The monoisotopic (exact) mass is 353 g/mol. The zero-order valence-electron chi connectivity index (χ0n) is 11.3. The Morgan fingerprint density at radius 1 is 1.45 bits per heavy atom. The Kier molecular flexibility index (Phi) is 5.59. The van der Waals surface area contributed by atoms with Gasteiger partial charge in [0.1, 0.15) is 0 Å². The van der Waals surface area contributed by atoms with Crippen LogP contribution in [0.3, 0.4) is 0 Å². The molecule has 1 amide bonds. The average molecular weight is 354 g/mol. The molecule has 112 valence electrons. The third-order valence-corrected chi connectivity index (χ3v) is 3.60. The fourth-order valence-electron chi connectivity index (χ4n) is 1.61. The lowest BCUT2D eigenvalue weighted by Crippen LogP contribution is -2.38. The van der Waals surface area contributed by atoms with Crippen LogP contribution in [0.1, 0.15) is 22.8 Å². The van der Waals surface area contributed by atoms with E-state index in [1.54, 1.807) is 6.92 Å². The van der Waals surface area contributed by atoms with Gasteiger partial charge in [0.15, 0.2) is 0 Å². The first kappa shape index (κ1) is 17.0. The smallest absolute Gasteiger partial charge is 0.383 e. The second-order valence-electron chi connectivity index (χ2n) is 4.41. The van der Waals surface area contributed by atoms with Crippen molar-refractivity contribution in [2.75, 3.05) is 20.8 Å². The van der Waals surface area contributed by atoms with Gasteiger partial charge >= 0.3 is 6.18 Å². The SMILES string of the molecule is COCC(C)N(C)C(=O)c1cc(C(F)(F)F)ccc1Br. The molecule has 1 unspecified atom stereocenters. The van der Waals surface area contributed by atoms with Crippen molar-refractivity contribution < 1.29 is 22.7 Å². The van der Waals surface area contributed by atoms with Crippen LogP contribution >= 0.6 is 15.9 Å². The summed E-state index contributed by atoms with van der Waals surface area (Å²) < 4.78 is 43.3. The van der Waals surface area contributed by atoms with Crippen LogP contribution < -0.4 is 0 Å². The van der Waals surface area contributed by atoms with Crippen LogP contribution in [0.15, 0.2) is 22.7 Å². The maximum absolute atomic E-state index is 12.7. The summed E-state index contributed by atoms with van der Waals surface area (Å²) in [5.41, 5.74) is -0.873. The molecule has 1 atom stereocenters. The van der Waals surface area contributed by atoms with Crippen molar-refractivity contribution in [1.29, 1.82) is 0 Å². The van der Waals surface area contributed by atoms with E-state index < -0.39 is 17.6 Å². The zero-order chi connectivity index (χ0) is 15.5. The Bertz CT molecular complexity index is 491. The number of amides is 1. The second kappa shape index (κ2) is 6.58. The molecular weight excluding hydrogens is 339 g/mol. The number of ether oxygens (including phenoxy) is 1. The van der Waals surface area contributed by atoms with Crippen LogP contribution in [0.2, 0.25) is 0 Å². The van der Waals surface area contributed by atoms with E-state index in [4.69, 9.17) is 4.74 Å². The molecule has 0 aromatic heterocycles. The first-order valence-corrected chi connectivity index (χ1v) is 6.60. The van der Waals surface area contributed by atoms with Gasteiger partial charge in [-0.2, -0.15) is 13.2 Å². The van der Waals surface area contributed by atoms with E-state index in [0.29, 0.717) is 11.1 Å². The van der Waals surface area contributed by atoms with Gasteiger partial charge in [0.2, 0.25) is 0 Å². The molecular formula is C13H15BrF3NO2. The van der Waals surface area contributed by atoms with E-state index in [-0.39, 0.29) is 11.6 Å². The molecule has 1 aromatic rings. The maximum Gasteiger partial charge on any atom is 0.416 e. The Balaban J connectivity index is 3.09. The van der Waals surface area contributed by atoms with Gasteiger partial charge < -0.3 is 9.64 Å². The lowest BCUT2D eigenvalue weighted by molar-refractivity contribution is -0.137. The molecule has 0 spiro atoms. The summed E-state index contributed by atoms with van der Waals surface area (Å²) in [5, 5.41) is 0. The molecule has 7 heteroatoms. The standard InChI is InChI=1S/C13H15BrF3NO2/c1-8(7-20-3)18(2)12(19)10-6-9(13(15,16)17)4-5-11(10)14/h4-6,8H,7H2,1-3H3. The van der Waals surface area contributed by atoms with Crippen molar-refractivity contribution in [2.24, 2.45) is 0 Å². The molecule has 0 aliphatic heterocycles. The molecule has 20 heavy (non-hydrogen) atoms. The minimum atomic E-state index is -4.48. The van der Waals surface area contributed by atoms with E-state index in [0.717, 1.165) is 12.1 Å². The molecule has 0 aliphatic rings. The van der Waals surface area contributed by atoms with Crippen LogP contribution in [-0.4, -0.2) is 37.6 Å². The number of rotatable bonds is 4. The average Bonchev–Trinajstić information content (AvgIpc) is 2.36. The normalized spacial score (nSPS) is 13.2. The molecule has 0 N–H and O–H groups in total. The molecule has 0 bridgehead atoms. The Morgan fingerprint density at radius 2 is 2.05 bits per heavy atom. The molecule has 0 heterocycles. The van der Waals surface area contributed by atoms with Crippen LogP contribution in [0.4, 0.5) is 13.2 Å². The van der Waals surface area contributed by atoms with Crippen molar-refractivity contribution in [3.8, 4) is 0 Å². The molecule has 1 rings (SSSR count). The lowest BCUT2D eigenvalue weighted by atomic mass is 10.1. The van der Waals surface area contributed by atoms with E-state index >= 15 is 0 Å². The Morgan fingerprint density at radius 3 is 2.55 bits per heavy atom. The zero-order valence-corrected chi connectivity index (χ0v) is 12.9. The highest BCUT2D eigenvalue weighted by Gasteiger charge is 2.32. The summed E-state index contributed by atoms with van der Waals surface area (Å²) in [6.07, 6.45) is -4.48. The summed E-state index contributed by atoms with van der Waals surface area (Å²) in [5.74, 6) is -0.493. The number of hydrogen-bond acceptors (Lipinski definition) is 2. The molecule has 0 saturated heterocycles. The lowest BCUT2D eigenvalue weighted by Gasteiger charge is -2.25. The van der Waals surface area contributed by atoms with Crippen molar-refractivity contribution in [1.82, 2.24) is 4.90 Å². The van der Waals surface area contributed by atoms with Crippen LogP contribution in [-0.2, 0) is 10.9 Å². The summed E-state index contributed by atoms with van der Waals surface area (Å²) in [6.45, 7) is 2.06. The summed E-state index contributed by atoms with van der Waals surface area (Å²) in [4.78, 5) is 13.6. The van der Waals surface area contributed by atoms with Gasteiger partial charge in [0.25, 0.3) is 5.91 Å². The number of carbonyl (C=O) groups is 1. The third kappa shape index (κ3) is 3.96. The maximum atomic E-state index is 12.7. The minimum Gasteiger partial charge on any atom is -0.383 e. The number of methoxy groups -OCH3 is 1. The van der Waals surface area contributed by atoms with Crippen LogP contribution in [0.25, 0.3) is 0 Å². The number of benzene rings is 1. The number of alkyl halides is 3. The van der Waals surface area contributed by atoms with Gasteiger partial charge in [0, 0.05) is 18.6 Å². The minimum absolute atomic E-state index is 0.0229. The first-order valence-electron chi connectivity index (χ1n) is 5.81. The van der Waals surface area contributed by atoms with E-state index in [1.807, 2.05) is 0 Å². The number of nitrogens with zero attached hydrogens (tertiary/aromatic N) is 1. The predicted octanol–water partition coefficient (Wildman–Crippen LogP) is 3.57. The number of likely N-dealkylation sites (N-methyl/N-ethyl adjacent to an activating group) is 1. The van der Waals surface area contributed by atoms with Crippen molar-refractivity contribution in [3.05, 3.63) is 33.8 Å². The fourth-order valence-corrected chi connectivity index (χ4v) is 2.02.